The van der Waals surface area contributed by atoms with Gasteiger partial charge in [-0.1, -0.05) is 152 Å². The third kappa shape index (κ3) is 4.06. The van der Waals surface area contributed by atoms with Gasteiger partial charge in [0.1, 0.15) is 11.3 Å². The number of benzene rings is 8. The van der Waals surface area contributed by atoms with E-state index in [1.165, 1.54) is 49.4 Å². The van der Waals surface area contributed by atoms with Gasteiger partial charge in [-0.25, -0.2) is 0 Å². The van der Waals surface area contributed by atoms with Crippen LogP contribution in [0.15, 0.2) is 179 Å². The van der Waals surface area contributed by atoms with Gasteiger partial charge in [-0.2, -0.15) is 0 Å². The van der Waals surface area contributed by atoms with Crippen LogP contribution >= 0.6 is 0 Å². The summed E-state index contributed by atoms with van der Waals surface area (Å²) in [5.41, 5.74) is 10.7. The molecule has 0 atom stereocenters. The average Bonchev–Trinajstić information content (AvgIpc) is 3.77. The van der Waals surface area contributed by atoms with Crippen LogP contribution in [-0.4, -0.2) is 0 Å². The second kappa shape index (κ2) is 10.6. The predicted molar refractivity (Wildman–Crippen MR) is 200 cm³/mol. The van der Waals surface area contributed by atoms with E-state index in [1.54, 1.807) is 0 Å². The summed E-state index contributed by atoms with van der Waals surface area (Å²) in [6.45, 7) is 0. The molecule has 0 saturated carbocycles. The molecule has 0 amide bonds. The molecule has 2 aromatic heterocycles. The van der Waals surface area contributed by atoms with Gasteiger partial charge in [0.15, 0.2) is 11.2 Å². The SMILES string of the molecule is c1ccc(-c2ccc(-c3c4ccccc4c(-c4cc5cc(-c6ccccc6)oc5c5oc6ccccc6c45)c4ccccc34)cc2)cc1. The summed E-state index contributed by atoms with van der Waals surface area (Å²) in [7, 11) is 0. The van der Waals surface area contributed by atoms with E-state index in [9.17, 15) is 0 Å². The summed E-state index contributed by atoms with van der Waals surface area (Å²) in [5.74, 6) is 0.827. The predicted octanol–water partition coefficient (Wildman–Crippen LogP) is 13.3. The molecule has 10 rings (SSSR count). The molecular weight excluding hydrogens is 585 g/mol. The summed E-state index contributed by atoms with van der Waals surface area (Å²) in [6, 6.07) is 60.3. The zero-order valence-electron chi connectivity index (χ0n) is 26.0. The molecule has 2 nitrogen and oxygen atoms in total. The third-order valence-electron chi connectivity index (χ3n) is 9.67. The number of hydrogen-bond donors (Lipinski definition) is 0. The van der Waals surface area contributed by atoms with Crippen LogP contribution in [0, 0.1) is 0 Å². The molecule has 0 aliphatic rings. The highest BCUT2D eigenvalue weighted by Gasteiger charge is 2.23. The Kier molecular flexibility index (Phi) is 5.91. The molecule has 0 saturated heterocycles. The van der Waals surface area contributed by atoms with Crippen LogP contribution in [0.4, 0.5) is 0 Å². The topological polar surface area (TPSA) is 26.3 Å². The molecule has 0 aliphatic carbocycles. The van der Waals surface area contributed by atoms with Gasteiger partial charge in [-0.3, -0.25) is 0 Å². The van der Waals surface area contributed by atoms with Crippen molar-refractivity contribution in [3.63, 3.8) is 0 Å². The zero-order valence-corrected chi connectivity index (χ0v) is 26.0. The van der Waals surface area contributed by atoms with Gasteiger partial charge in [0.25, 0.3) is 0 Å². The lowest BCUT2D eigenvalue weighted by molar-refractivity contribution is 0.611. The first kappa shape index (κ1) is 26.8. The van der Waals surface area contributed by atoms with Gasteiger partial charge >= 0.3 is 0 Å². The first-order valence-corrected chi connectivity index (χ1v) is 16.3. The number of fused-ring (bicyclic) bond motifs is 7. The Labute approximate surface area is 277 Å². The van der Waals surface area contributed by atoms with Crippen LogP contribution in [-0.2, 0) is 0 Å². The summed E-state index contributed by atoms with van der Waals surface area (Å²) in [4.78, 5) is 0. The van der Waals surface area contributed by atoms with Gasteiger partial charge < -0.3 is 8.83 Å². The van der Waals surface area contributed by atoms with Gasteiger partial charge in [0, 0.05) is 21.7 Å². The molecule has 0 unspecified atom stereocenters. The smallest absolute Gasteiger partial charge is 0.179 e. The fourth-order valence-electron chi connectivity index (χ4n) is 7.52. The molecule has 0 radical (unpaired) electrons. The van der Waals surface area contributed by atoms with E-state index < -0.39 is 0 Å². The van der Waals surface area contributed by atoms with Crippen LogP contribution in [0.1, 0.15) is 0 Å². The lowest BCUT2D eigenvalue weighted by Gasteiger charge is -2.18. The molecule has 8 aromatic carbocycles. The highest BCUT2D eigenvalue weighted by molar-refractivity contribution is 6.28. The van der Waals surface area contributed by atoms with Gasteiger partial charge in [0.2, 0.25) is 0 Å². The van der Waals surface area contributed by atoms with E-state index in [1.807, 2.05) is 30.3 Å². The quantitative estimate of drug-likeness (QED) is 0.185. The van der Waals surface area contributed by atoms with Gasteiger partial charge in [-0.15, -0.1) is 0 Å². The molecule has 0 fully saturated rings. The van der Waals surface area contributed by atoms with Crippen molar-refractivity contribution in [1.29, 1.82) is 0 Å². The summed E-state index contributed by atoms with van der Waals surface area (Å²) >= 11 is 0. The molecule has 10 aromatic rings. The molecule has 2 heteroatoms. The monoisotopic (exact) mass is 612 g/mol. The average molecular weight is 613 g/mol. The van der Waals surface area contributed by atoms with Crippen molar-refractivity contribution in [2.24, 2.45) is 0 Å². The Balaban J connectivity index is 1.30. The Morgan fingerprint density at radius 2 is 0.833 bits per heavy atom. The van der Waals surface area contributed by atoms with E-state index in [2.05, 4.69) is 140 Å². The molecule has 0 N–H and O–H groups in total. The van der Waals surface area contributed by atoms with Crippen molar-refractivity contribution in [1.82, 2.24) is 0 Å². The summed E-state index contributed by atoms with van der Waals surface area (Å²) in [6.07, 6.45) is 0. The molecule has 0 aliphatic heterocycles. The zero-order chi connectivity index (χ0) is 31.6. The largest absolute Gasteiger partial charge is 0.452 e. The number of furan rings is 2. The first-order valence-electron chi connectivity index (χ1n) is 16.3. The van der Waals surface area contributed by atoms with Crippen molar-refractivity contribution in [3.8, 4) is 44.7 Å². The molecular formula is C46H28O2. The summed E-state index contributed by atoms with van der Waals surface area (Å²) in [5, 5.41) is 8.02. The van der Waals surface area contributed by atoms with Crippen molar-refractivity contribution in [3.05, 3.63) is 170 Å². The van der Waals surface area contributed by atoms with Gasteiger partial charge in [-0.05, 0) is 73.1 Å². The van der Waals surface area contributed by atoms with Gasteiger partial charge in [0.05, 0.1) is 0 Å². The van der Waals surface area contributed by atoms with E-state index in [0.717, 1.165) is 49.8 Å². The van der Waals surface area contributed by atoms with Crippen LogP contribution < -0.4 is 0 Å². The molecule has 2 heterocycles. The number of hydrogen-bond acceptors (Lipinski definition) is 2. The van der Waals surface area contributed by atoms with Crippen LogP contribution in [0.25, 0.3) is 99.2 Å². The third-order valence-corrected chi connectivity index (χ3v) is 9.67. The first-order chi connectivity index (χ1) is 23.8. The Morgan fingerprint density at radius 3 is 1.48 bits per heavy atom. The Morgan fingerprint density at radius 1 is 0.333 bits per heavy atom. The minimum atomic E-state index is 0.771. The minimum absolute atomic E-state index is 0.771. The van der Waals surface area contributed by atoms with Crippen LogP contribution in [0.3, 0.4) is 0 Å². The second-order valence-electron chi connectivity index (χ2n) is 12.4. The maximum Gasteiger partial charge on any atom is 0.179 e. The number of rotatable bonds is 4. The highest BCUT2D eigenvalue weighted by atomic mass is 16.4. The second-order valence-corrected chi connectivity index (χ2v) is 12.4. The Hall–Kier alpha value is -6.38. The van der Waals surface area contributed by atoms with Crippen molar-refractivity contribution in [2.75, 3.05) is 0 Å². The normalized spacial score (nSPS) is 11.8. The van der Waals surface area contributed by atoms with E-state index in [0.29, 0.717) is 0 Å². The van der Waals surface area contributed by atoms with Crippen molar-refractivity contribution < 1.29 is 8.83 Å². The maximum absolute atomic E-state index is 6.65. The standard InChI is InChI=1S/C46H28O2/c1-3-13-29(14-4-1)30-23-25-32(26-24-30)42-34-17-7-9-19-36(34)43(37-20-10-8-18-35(37)42)39-27-33-28-41(31-15-5-2-6-16-31)48-45(33)46-44(39)38-21-11-12-22-40(38)47-46/h1-28H. The van der Waals surface area contributed by atoms with Crippen molar-refractivity contribution >= 4 is 54.5 Å². The van der Waals surface area contributed by atoms with E-state index >= 15 is 0 Å². The number of para-hydroxylation sites is 1. The minimum Gasteiger partial charge on any atom is -0.452 e. The fourth-order valence-corrected chi connectivity index (χ4v) is 7.52. The Bertz CT molecular complexity index is 2750. The molecule has 224 valence electrons. The molecule has 48 heavy (non-hydrogen) atoms. The lowest BCUT2D eigenvalue weighted by atomic mass is 9.84. The molecule has 0 bridgehead atoms. The maximum atomic E-state index is 6.65. The van der Waals surface area contributed by atoms with Crippen LogP contribution in [0.5, 0.6) is 0 Å². The van der Waals surface area contributed by atoms with E-state index in [4.69, 9.17) is 8.83 Å². The fraction of sp³-hybridized carbons (Fsp3) is 0. The van der Waals surface area contributed by atoms with E-state index in [-0.39, 0.29) is 0 Å². The van der Waals surface area contributed by atoms with Crippen molar-refractivity contribution in [2.45, 2.75) is 0 Å². The summed E-state index contributed by atoms with van der Waals surface area (Å²) < 4.78 is 13.2. The lowest BCUT2D eigenvalue weighted by Crippen LogP contribution is -1.91. The highest BCUT2D eigenvalue weighted by Crippen LogP contribution is 2.49. The van der Waals surface area contributed by atoms with Crippen LogP contribution in [0.2, 0.25) is 0 Å². The molecule has 0 spiro atoms.